The highest BCUT2D eigenvalue weighted by atomic mass is 19.1. The quantitative estimate of drug-likeness (QED) is 0.494. The van der Waals surface area contributed by atoms with Crippen molar-refractivity contribution >= 4 is 16.6 Å². The number of fused-ring (bicyclic) bond motifs is 1. The Kier molecular flexibility index (Phi) is 5.76. The summed E-state index contributed by atoms with van der Waals surface area (Å²) in [5.74, 6) is -0.217. The molecule has 9 heteroatoms. The van der Waals surface area contributed by atoms with Crippen molar-refractivity contribution in [3.8, 4) is 5.69 Å². The van der Waals surface area contributed by atoms with E-state index in [4.69, 9.17) is 0 Å². The zero-order chi connectivity index (χ0) is 20.3. The number of nitro benzene ring substituents is 1. The number of nitrogens with zero attached hydrogens (tertiary/aromatic N) is 4. The topological polar surface area (TPSA) is 93.3 Å². The third-order valence-corrected chi connectivity index (χ3v) is 4.38. The Hall–Kier alpha value is -3.17. The molecule has 0 aliphatic rings. The standard InChI is InChI=1S/C19H20FN5O3/c1-21-9-10-23(2)12-18-22-16-8-7-13(25(27)28)11-14(16)19(26)24(18)17-6-4-3-5-15(17)20/h3-8,11,21H,9-10,12H2,1-2H3. The first-order valence-electron chi connectivity index (χ1n) is 8.70. The molecular formula is C19H20FN5O3. The zero-order valence-corrected chi connectivity index (χ0v) is 15.6. The Labute approximate surface area is 160 Å². The van der Waals surface area contributed by atoms with Gasteiger partial charge in [0, 0.05) is 25.2 Å². The fourth-order valence-electron chi connectivity index (χ4n) is 2.94. The minimum atomic E-state index is -0.578. The molecule has 28 heavy (non-hydrogen) atoms. The highest BCUT2D eigenvalue weighted by molar-refractivity contribution is 5.80. The molecule has 0 unspecified atom stereocenters. The van der Waals surface area contributed by atoms with Gasteiger partial charge in [-0.05, 0) is 32.3 Å². The number of non-ortho nitro benzene ring substituents is 1. The van der Waals surface area contributed by atoms with Crippen LogP contribution < -0.4 is 10.9 Å². The first kappa shape index (κ1) is 19.6. The van der Waals surface area contributed by atoms with Crippen LogP contribution in [0.25, 0.3) is 16.6 Å². The summed E-state index contributed by atoms with van der Waals surface area (Å²) in [7, 11) is 3.71. The molecule has 0 atom stereocenters. The van der Waals surface area contributed by atoms with E-state index in [1.165, 1.54) is 41.0 Å². The largest absolute Gasteiger partial charge is 0.318 e. The van der Waals surface area contributed by atoms with E-state index in [2.05, 4.69) is 10.3 Å². The molecule has 0 bridgehead atoms. The molecule has 1 heterocycles. The first-order chi connectivity index (χ1) is 13.4. The molecule has 0 fully saturated rings. The van der Waals surface area contributed by atoms with Gasteiger partial charge in [-0.15, -0.1) is 0 Å². The van der Waals surface area contributed by atoms with Crippen molar-refractivity contribution in [2.24, 2.45) is 0 Å². The normalized spacial score (nSPS) is 11.3. The molecule has 3 aromatic rings. The van der Waals surface area contributed by atoms with Crippen molar-refractivity contribution in [2.75, 3.05) is 27.2 Å². The highest BCUT2D eigenvalue weighted by Gasteiger charge is 2.18. The van der Waals surface area contributed by atoms with Crippen LogP contribution in [0.3, 0.4) is 0 Å². The lowest BCUT2D eigenvalue weighted by atomic mass is 10.2. The number of likely N-dealkylation sites (N-methyl/N-ethyl adjacent to an activating group) is 2. The Morgan fingerprint density at radius 2 is 2.04 bits per heavy atom. The van der Waals surface area contributed by atoms with Crippen molar-refractivity contribution in [1.29, 1.82) is 0 Å². The van der Waals surface area contributed by atoms with Gasteiger partial charge in [0.2, 0.25) is 0 Å². The van der Waals surface area contributed by atoms with E-state index in [0.717, 1.165) is 6.54 Å². The second-order valence-corrected chi connectivity index (χ2v) is 6.42. The van der Waals surface area contributed by atoms with Crippen LogP contribution in [-0.2, 0) is 6.54 Å². The van der Waals surface area contributed by atoms with Crippen LogP contribution in [0.5, 0.6) is 0 Å². The lowest BCUT2D eigenvalue weighted by molar-refractivity contribution is -0.384. The molecular weight excluding hydrogens is 365 g/mol. The smallest absolute Gasteiger partial charge is 0.270 e. The number of halogens is 1. The third-order valence-electron chi connectivity index (χ3n) is 4.38. The maximum Gasteiger partial charge on any atom is 0.270 e. The molecule has 0 aliphatic heterocycles. The van der Waals surface area contributed by atoms with Crippen molar-refractivity contribution in [3.63, 3.8) is 0 Å². The molecule has 0 saturated carbocycles. The molecule has 2 aromatic carbocycles. The Morgan fingerprint density at radius 3 is 2.71 bits per heavy atom. The fourth-order valence-corrected chi connectivity index (χ4v) is 2.94. The van der Waals surface area contributed by atoms with E-state index in [1.54, 1.807) is 6.07 Å². The highest BCUT2D eigenvalue weighted by Crippen LogP contribution is 2.20. The van der Waals surface area contributed by atoms with Gasteiger partial charge in [-0.2, -0.15) is 0 Å². The van der Waals surface area contributed by atoms with Gasteiger partial charge < -0.3 is 5.32 Å². The first-order valence-corrected chi connectivity index (χ1v) is 8.70. The summed E-state index contributed by atoms with van der Waals surface area (Å²) in [6, 6.07) is 9.82. The SMILES string of the molecule is CNCCN(C)Cc1nc2ccc([N+](=O)[O-])cc2c(=O)n1-c1ccccc1F. The van der Waals surface area contributed by atoms with Crippen LogP contribution in [-0.4, -0.2) is 46.6 Å². The average Bonchev–Trinajstić information content (AvgIpc) is 2.67. The monoisotopic (exact) mass is 385 g/mol. The number of para-hydroxylation sites is 1. The van der Waals surface area contributed by atoms with Gasteiger partial charge in [0.05, 0.1) is 28.1 Å². The fraction of sp³-hybridized carbons (Fsp3) is 0.263. The van der Waals surface area contributed by atoms with E-state index in [-0.39, 0.29) is 16.8 Å². The van der Waals surface area contributed by atoms with E-state index in [0.29, 0.717) is 24.4 Å². The number of aromatic nitrogens is 2. The summed E-state index contributed by atoms with van der Waals surface area (Å²) in [6.45, 7) is 1.74. The predicted molar refractivity (Wildman–Crippen MR) is 104 cm³/mol. The minimum absolute atomic E-state index is 0.0606. The second-order valence-electron chi connectivity index (χ2n) is 6.42. The van der Waals surface area contributed by atoms with Crippen LogP contribution in [0, 0.1) is 15.9 Å². The predicted octanol–water partition coefficient (Wildman–Crippen LogP) is 2.08. The van der Waals surface area contributed by atoms with Crippen molar-refractivity contribution < 1.29 is 9.31 Å². The molecule has 0 radical (unpaired) electrons. The molecule has 146 valence electrons. The third kappa shape index (κ3) is 3.90. The lowest BCUT2D eigenvalue weighted by Crippen LogP contribution is -2.32. The second kappa shape index (κ2) is 8.24. The summed E-state index contributed by atoms with van der Waals surface area (Å²) in [4.78, 5) is 30.1. The average molecular weight is 385 g/mol. The summed E-state index contributed by atoms with van der Waals surface area (Å²) in [6.07, 6.45) is 0. The molecule has 1 N–H and O–H groups in total. The number of nitro groups is 1. The maximum atomic E-state index is 14.5. The minimum Gasteiger partial charge on any atom is -0.318 e. The molecule has 3 rings (SSSR count). The van der Waals surface area contributed by atoms with Crippen molar-refractivity contribution in [2.45, 2.75) is 6.54 Å². The van der Waals surface area contributed by atoms with Crippen LogP contribution in [0.15, 0.2) is 47.3 Å². The van der Waals surface area contributed by atoms with Gasteiger partial charge in [0.15, 0.2) is 0 Å². The number of hydrogen-bond acceptors (Lipinski definition) is 6. The number of benzene rings is 2. The van der Waals surface area contributed by atoms with Gasteiger partial charge in [-0.1, -0.05) is 12.1 Å². The Morgan fingerprint density at radius 1 is 1.29 bits per heavy atom. The molecule has 8 nitrogen and oxygen atoms in total. The van der Waals surface area contributed by atoms with Crippen LogP contribution in [0.2, 0.25) is 0 Å². The molecule has 0 aliphatic carbocycles. The number of hydrogen-bond donors (Lipinski definition) is 1. The van der Waals surface area contributed by atoms with E-state index < -0.39 is 16.3 Å². The van der Waals surface area contributed by atoms with E-state index in [1.807, 2.05) is 19.0 Å². The maximum absolute atomic E-state index is 14.5. The Bertz CT molecular complexity index is 1080. The van der Waals surface area contributed by atoms with Crippen molar-refractivity contribution in [1.82, 2.24) is 19.8 Å². The zero-order valence-electron chi connectivity index (χ0n) is 15.6. The summed E-state index contributed by atoms with van der Waals surface area (Å²) < 4.78 is 15.7. The van der Waals surface area contributed by atoms with Gasteiger partial charge >= 0.3 is 0 Å². The Balaban J connectivity index is 2.24. The number of nitrogens with one attached hydrogen (secondary N) is 1. The van der Waals surface area contributed by atoms with Crippen LogP contribution in [0.4, 0.5) is 10.1 Å². The van der Waals surface area contributed by atoms with Gasteiger partial charge in [0.1, 0.15) is 11.6 Å². The number of rotatable bonds is 7. The molecule has 0 amide bonds. The van der Waals surface area contributed by atoms with E-state index in [9.17, 15) is 19.3 Å². The van der Waals surface area contributed by atoms with Gasteiger partial charge in [-0.3, -0.25) is 24.4 Å². The van der Waals surface area contributed by atoms with Crippen LogP contribution in [0.1, 0.15) is 5.82 Å². The molecule has 0 saturated heterocycles. The van der Waals surface area contributed by atoms with Crippen molar-refractivity contribution in [3.05, 3.63) is 74.6 Å². The van der Waals surface area contributed by atoms with Gasteiger partial charge in [-0.25, -0.2) is 9.37 Å². The van der Waals surface area contributed by atoms with Crippen LogP contribution >= 0.6 is 0 Å². The van der Waals surface area contributed by atoms with E-state index >= 15 is 0 Å². The summed E-state index contributed by atoms with van der Waals surface area (Å²) in [5, 5.41) is 14.2. The van der Waals surface area contributed by atoms with Gasteiger partial charge in [0.25, 0.3) is 11.2 Å². The summed E-state index contributed by atoms with van der Waals surface area (Å²) in [5.41, 5.74) is -0.369. The molecule has 1 aromatic heterocycles. The molecule has 0 spiro atoms. The summed E-state index contributed by atoms with van der Waals surface area (Å²) >= 11 is 0. The lowest BCUT2D eigenvalue weighted by Gasteiger charge is -2.20.